The molecule has 2 N–H and O–H groups in total. The zero-order chi connectivity index (χ0) is 13.7. The number of carboxylic acids is 1. The van der Waals surface area contributed by atoms with E-state index >= 15 is 0 Å². The molecule has 0 aliphatic rings. The van der Waals surface area contributed by atoms with E-state index in [9.17, 15) is 4.79 Å². The lowest BCUT2D eigenvalue weighted by Crippen LogP contribution is -2.28. The molecule has 0 saturated carbocycles. The number of carbonyl (C=O) groups is 1. The van der Waals surface area contributed by atoms with Gasteiger partial charge in [-0.15, -0.1) is 0 Å². The molecule has 1 aromatic carbocycles. The topological polar surface area (TPSA) is 62.5 Å². The molecule has 0 bridgehead atoms. The number of rotatable bonds is 6. The summed E-state index contributed by atoms with van der Waals surface area (Å²) in [5.74, 6) is 0.0302. The number of nitrogens with one attached hydrogen (secondary N) is 1. The van der Waals surface area contributed by atoms with Gasteiger partial charge < -0.3 is 14.8 Å². The third-order valence-electron chi connectivity index (χ3n) is 2.98. The van der Waals surface area contributed by atoms with Crippen LogP contribution < -0.4 is 5.32 Å². The summed E-state index contributed by atoms with van der Waals surface area (Å²) in [5, 5.41) is 12.4. The van der Waals surface area contributed by atoms with Crippen molar-refractivity contribution in [2.75, 3.05) is 0 Å². The van der Waals surface area contributed by atoms with Crippen LogP contribution in [-0.2, 0) is 13.0 Å². The first-order chi connectivity index (χ1) is 9.16. The molecule has 0 radical (unpaired) electrons. The SMILES string of the molecule is CC(Cc1ccco1)NCc1ccccc1C(=O)O. The zero-order valence-electron chi connectivity index (χ0n) is 10.8. The van der Waals surface area contributed by atoms with E-state index in [0.717, 1.165) is 17.7 Å². The van der Waals surface area contributed by atoms with E-state index in [1.54, 1.807) is 18.4 Å². The zero-order valence-corrected chi connectivity index (χ0v) is 10.8. The number of hydrogen-bond donors (Lipinski definition) is 2. The van der Waals surface area contributed by atoms with E-state index in [0.29, 0.717) is 12.1 Å². The minimum absolute atomic E-state index is 0.216. The Morgan fingerprint density at radius 3 is 2.79 bits per heavy atom. The van der Waals surface area contributed by atoms with E-state index < -0.39 is 5.97 Å². The van der Waals surface area contributed by atoms with Crippen molar-refractivity contribution in [2.45, 2.75) is 25.9 Å². The Kier molecular flexibility index (Phi) is 4.36. The molecule has 1 aromatic heterocycles. The van der Waals surface area contributed by atoms with Crippen LogP contribution in [0.1, 0.15) is 28.6 Å². The number of furan rings is 1. The van der Waals surface area contributed by atoms with Gasteiger partial charge in [0.05, 0.1) is 11.8 Å². The van der Waals surface area contributed by atoms with Crippen molar-refractivity contribution in [1.82, 2.24) is 5.32 Å². The fourth-order valence-corrected chi connectivity index (χ4v) is 1.97. The summed E-state index contributed by atoms with van der Waals surface area (Å²) in [7, 11) is 0. The van der Waals surface area contributed by atoms with Gasteiger partial charge in [-0.1, -0.05) is 18.2 Å². The van der Waals surface area contributed by atoms with Crippen LogP contribution in [0.4, 0.5) is 0 Å². The van der Waals surface area contributed by atoms with Crippen molar-refractivity contribution in [3.8, 4) is 0 Å². The molecule has 0 fully saturated rings. The average molecular weight is 259 g/mol. The summed E-state index contributed by atoms with van der Waals surface area (Å²) in [4.78, 5) is 11.1. The van der Waals surface area contributed by atoms with Gasteiger partial charge in [0.2, 0.25) is 0 Å². The van der Waals surface area contributed by atoms with Crippen molar-refractivity contribution in [1.29, 1.82) is 0 Å². The van der Waals surface area contributed by atoms with Crippen molar-refractivity contribution < 1.29 is 14.3 Å². The van der Waals surface area contributed by atoms with Gasteiger partial charge in [0.1, 0.15) is 5.76 Å². The van der Waals surface area contributed by atoms with Gasteiger partial charge in [0, 0.05) is 19.0 Å². The molecule has 0 aliphatic carbocycles. The van der Waals surface area contributed by atoms with Crippen LogP contribution in [0.25, 0.3) is 0 Å². The molecular weight excluding hydrogens is 242 g/mol. The van der Waals surface area contributed by atoms with Crippen molar-refractivity contribution in [3.63, 3.8) is 0 Å². The van der Waals surface area contributed by atoms with Crippen LogP contribution in [0.3, 0.4) is 0 Å². The lowest BCUT2D eigenvalue weighted by atomic mass is 10.1. The Balaban J connectivity index is 1.93. The fraction of sp³-hybridized carbons (Fsp3) is 0.267. The average Bonchev–Trinajstić information content (AvgIpc) is 2.89. The Bertz CT molecular complexity index is 534. The third-order valence-corrected chi connectivity index (χ3v) is 2.98. The van der Waals surface area contributed by atoms with Gasteiger partial charge in [0.15, 0.2) is 0 Å². The van der Waals surface area contributed by atoms with E-state index in [-0.39, 0.29) is 6.04 Å². The summed E-state index contributed by atoms with van der Waals surface area (Å²) in [6, 6.07) is 11.0. The molecule has 0 spiro atoms. The highest BCUT2D eigenvalue weighted by Gasteiger charge is 2.10. The number of hydrogen-bond acceptors (Lipinski definition) is 3. The normalized spacial score (nSPS) is 12.3. The third kappa shape index (κ3) is 3.69. The molecule has 0 amide bonds. The van der Waals surface area contributed by atoms with Gasteiger partial charge in [-0.3, -0.25) is 0 Å². The second kappa shape index (κ2) is 6.20. The Hall–Kier alpha value is -2.07. The smallest absolute Gasteiger partial charge is 0.336 e. The first-order valence-corrected chi connectivity index (χ1v) is 6.24. The lowest BCUT2D eigenvalue weighted by Gasteiger charge is -2.13. The van der Waals surface area contributed by atoms with Crippen molar-refractivity contribution in [2.24, 2.45) is 0 Å². The second-order valence-corrected chi connectivity index (χ2v) is 4.53. The first kappa shape index (κ1) is 13.4. The minimum Gasteiger partial charge on any atom is -0.478 e. The van der Waals surface area contributed by atoms with E-state index in [2.05, 4.69) is 5.32 Å². The highest BCUT2D eigenvalue weighted by Crippen LogP contribution is 2.10. The molecule has 4 nitrogen and oxygen atoms in total. The second-order valence-electron chi connectivity index (χ2n) is 4.53. The minimum atomic E-state index is -0.893. The van der Waals surface area contributed by atoms with Crippen LogP contribution in [0, 0.1) is 0 Å². The maximum Gasteiger partial charge on any atom is 0.336 e. The summed E-state index contributed by atoms with van der Waals surface area (Å²) < 4.78 is 5.28. The molecule has 100 valence electrons. The Morgan fingerprint density at radius 1 is 1.32 bits per heavy atom. The molecular formula is C15H17NO3. The highest BCUT2D eigenvalue weighted by atomic mass is 16.4. The van der Waals surface area contributed by atoms with Crippen LogP contribution in [-0.4, -0.2) is 17.1 Å². The highest BCUT2D eigenvalue weighted by molar-refractivity contribution is 5.89. The Morgan fingerprint density at radius 2 is 2.11 bits per heavy atom. The van der Waals surface area contributed by atoms with Gasteiger partial charge in [-0.05, 0) is 30.7 Å². The van der Waals surface area contributed by atoms with Crippen LogP contribution in [0.15, 0.2) is 47.1 Å². The summed E-state index contributed by atoms with van der Waals surface area (Å²) in [5.41, 5.74) is 1.14. The van der Waals surface area contributed by atoms with Gasteiger partial charge in [-0.25, -0.2) is 4.79 Å². The largest absolute Gasteiger partial charge is 0.478 e. The number of aromatic carboxylic acids is 1. The summed E-state index contributed by atoms with van der Waals surface area (Å²) >= 11 is 0. The van der Waals surface area contributed by atoms with Gasteiger partial charge in [0.25, 0.3) is 0 Å². The molecule has 1 atom stereocenters. The number of carboxylic acid groups (broad SMARTS) is 1. The predicted molar refractivity (Wildman–Crippen MR) is 72.1 cm³/mol. The molecule has 1 heterocycles. The molecule has 1 unspecified atom stereocenters. The molecule has 2 aromatic rings. The predicted octanol–water partition coefficient (Wildman–Crippen LogP) is 2.70. The first-order valence-electron chi connectivity index (χ1n) is 6.24. The quantitative estimate of drug-likeness (QED) is 0.837. The molecule has 2 rings (SSSR count). The number of benzene rings is 1. The molecule has 4 heteroatoms. The van der Waals surface area contributed by atoms with E-state index in [4.69, 9.17) is 9.52 Å². The maximum atomic E-state index is 11.1. The van der Waals surface area contributed by atoms with Crippen LogP contribution >= 0.6 is 0 Å². The lowest BCUT2D eigenvalue weighted by molar-refractivity contribution is 0.0695. The maximum absolute atomic E-state index is 11.1. The Labute approximate surface area is 112 Å². The molecule has 0 aliphatic heterocycles. The van der Waals surface area contributed by atoms with Gasteiger partial charge in [-0.2, -0.15) is 0 Å². The van der Waals surface area contributed by atoms with Gasteiger partial charge >= 0.3 is 5.97 Å². The summed E-state index contributed by atoms with van der Waals surface area (Å²) in [6.45, 7) is 2.58. The summed E-state index contributed by atoms with van der Waals surface area (Å²) in [6.07, 6.45) is 2.43. The van der Waals surface area contributed by atoms with Crippen molar-refractivity contribution >= 4 is 5.97 Å². The monoisotopic (exact) mass is 259 g/mol. The van der Waals surface area contributed by atoms with E-state index in [1.165, 1.54) is 0 Å². The van der Waals surface area contributed by atoms with Crippen LogP contribution in [0.2, 0.25) is 0 Å². The van der Waals surface area contributed by atoms with Crippen LogP contribution in [0.5, 0.6) is 0 Å². The van der Waals surface area contributed by atoms with E-state index in [1.807, 2.05) is 31.2 Å². The van der Waals surface area contributed by atoms with Crippen molar-refractivity contribution in [3.05, 3.63) is 59.5 Å². The molecule has 0 saturated heterocycles. The standard InChI is InChI=1S/C15H17NO3/c1-11(9-13-6-4-8-19-13)16-10-12-5-2-3-7-14(12)15(17)18/h2-8,11,16H,9-10H2,1H3,(H,17,18). The molecule has 19 heavy (non-hydrogen) atoms. The fourth-order valence-electron chi connectivity index (χ4n) is 1.97.